The summed E-state index contributed by atoms with van der Waals surface area (Å²) in [4.78, 5) is 12.6. The Balaban J connectivity index is 1.50. The summed E-state index contributed by atoms with van der Waals surface area (Å²) in [5.41, 5.74) is 0.689. The minimum absolute atomic E-state index is 0.000627. The molecule has 4 aromatic carbocycles. The van der Waals surface area contributed by atoms with Gasteiger partial charge in [0, 0.05) is 11.1 Å². The van der Waals surface area contributed by atoms with Crippen molar-refractivity contribution in [3.05, 3.63) is 107 Å². The van der Waals surface area contributed by atoms with Crippen LogP contribution < -0.4 is 9.47 Å². The van der Waals surface area contributed by atoms with Gasteiger partial charge in [0.25, 0.3) is 0 Å². The van der Waals surface area contributed by atoms with E-state index in [2.05, 4.69) is 0 Å². The zero-order valence-corrected chi connectivity index (χ0v) is 21.3. The normalized spacial score (nSPS) is 11.8. The summed E-state index contributed by atoms with van der Waals surface area (Å²) in [6.07, 6.45) is 0.739. The summed E-state index contributed by atoms with van der Waals surface area (Å²) in [6, 6.07) is 17.0. The number of carbonyl (C=O) groups is 1. The first-order valence-corrected chi connectivity index (χ1v) is 12.4. The van der Waals surface area contributed by atoms with Crippen molar-refractivity contribution in [1.29, 1.82) is 0 Å². The lowest BCUT2D eigenvalue weighted by Gasteiger charge is -2.12. The number of aliphatic hydroxyl groups is 1. The molecule has 1 unspecified atom stereocenters. The number of carbonyl (C=O) groups excluding carboxylic acids is 1. The second kappa shape index (κ2) is 12.1. The van der Waals surface area contributed by atoms with Gasteiger partial charge in [-0.3, -0.25) is 0 Å². The van der Waals surface area contributed by atoms with Crippen LogP contribution in [0.3, 0.4) is 0 Å². The van der Waals surface area contributed by atoms with Crippen LogP contribution in [0, 0.1) is 23.3 Å². The van der Waals surface area contributed by atoms with Crippen LogP contribution in [0.2, 0.25) is 0 Å². The minimum Gasteiger partial charge on any atom is -0.491 e. The maximum absolute atomic E-state index is 14.9. The molecule has 0 saturated carbocycles. The summed E-state index contributed by atoms with van der Waals surface area (Å²) in [7, 11) is 0. The average Bonchev–Trinajstić information content (AvgIpc) is 2.94. The molecule has 1 N–H and O–H groups in total. The van der Waals surface area contributed by atoms with Crippen LogP contribution in [0.25, 0.3) is 22.3 Å². The Bertz CT molecular complexity index is 1470. The molecule has 0 aliphatic carbocycles. The monoisotopic (exact) mass is 538 g/mol. The zero-order valence-electron chi connectivity index (χ0n) is 21.3. The molecule has 39 heavy (non-hydrogen) atoms. The molecule has 0 bridgehead atoms. The van der Waals surface area contributed by atoms with Crippen molar-refractivity contribution in [2.24, 2.45) is 0 Å². The maximum Gasteiger partial charge on any atom is 0.346 e. The maximum atomic E-state index is 14.9. The van der Waals surface area contributed by atoms with Gasteiger partial charge in [0.05, 0.1) is 18.3 Å². The number of ether oxygens (including phenoxy) is 2. The van der Waals surface area contributed by atoms with Crippen molar-refractivity contribution in [2.75, 3.05) is 6.61 Å². The van der Waals surface area contributed by atoms with Gasteiger partial charge in [0.2, 0.25) is 5.82 Å². The molecule has 0 saturated heterocycles. The van der Waals surface area contributed by atoms with Gasteiger partial charge in [-0.05, 0) is 60.4 Å². The van der Waals surface area contributed by atoms with E-state index in [1.807, 2.05) is 6.92 Å². The second-order valence-corrected chi connectivity index (χ2v) is 8.80. The van der Waals surface area contributed by atoms with E-state index in [0.29, 0.717) is 23.1 Å². The molecule has 1 atom stereocenters. The fourth-order valence-electron chi connectivity index (χ4n) is 4.14. The molecule has 0 heterocycles. The predicted molar refractivity (Wildman–Crippen MR) is 140 cm³/mol. The molecule has 202 valence electrons. The fraction of sp³-hybridized carbons (Fsp3) is 0.194. The number of aliphatic hydroxyl groups excluding tert-OH is 1. The summed E-state index contributed by atoms with van der Waals surface area (Å²) < 4.78 is 68.7. The van der Waals surface area contributed by atoms with E-state index in [0.717, 1.165) is 12.5 Å². The lowest BCUT2D eigenvalue weighted by atomic mass is 9.98. The van der Waals surface area contributed by atoms with Crippen molar-refractivity contribution in [3.8, 4) is 33.8 Å². The molecule has 0 aliphatic heterocycles. The summed E-state index contributed by atoms with van der Waals surface area (Å²) in [5, 5.41) is 10.1. The largest absolute Gasteiger partial charge is 0.491 e. The summed E-state index contributed by atoms with van der Waals surface area (Å²) >= 11 is 0. The highest BCUT2D eigenvalue weighted by Crippen LogP contribution is 2.32. The highest BCUT2D eigenvalue weighted by atomic mass is 19.2. The molecule has 0 spiro atoms. The summed E-state index contributed by atoms with van der Waals surface area (Å²) in [6.45, 7) is 3.78. The van der Waals surface area contributed by atoms with Gasteiger partial charge in [-0.2, -0.15) is 4.39 Å². The molecule has 4 rings (SSSR count). The Morgan fingerprint density at radius 3 is 1.90 bits per heavy atom. The second-order valence-electron chi connectivity index (χ2n) is 8.80. The third kappa shape index (κ3) is 5.96. The van der Waals surface area contributed by atoms with Crippen molar-refractivity contribution in [2.45, 2.75) is 32.8 Å². The first-order chi connectivity index (χ1) is 18.7. The summed E-state index contributed by atoms with van der Waals surface area (Å²) in [5.74, 6) is -6.10. The van der Waals surface area contributed by atoms with Gasteiger partial charge < -0.3 is 14.6 Å². The van der Waals surface area contributed by atoms with Crippen LogP contribution in [-0.2, 0) is 0 Å². The quantitative estimate of drug-likeness (QED) is 0.133. The van der Waals surface area contributed by atoms with Crippen LogP contribution in [0.5, 0.6) is 11.5 Å². The molecule has 0 aliphatic rings. The van der Waals surface area contributed by atoms with E-state index in [4.69, 9.17) is 9.47 Å². The third-order valence-electron chi connectivity index (χ3n) is 6.19. The third-order valence-corrected chi connectivity index (χ3v) is 6.19. The van der Waals surface area contributed by atoms with Gasteiger partial charge in [-0.15, -0.1) is 0 Å². The van der Waals surface area contributed by atoms with Crippen molar-refractivity contribution in [1.82, 2.24) is 0 Å². The van der Waals surface area contributed by atoms with E-state index in [9.17, 15) is 27.5 Å². The molecular formula is C31H26F4O4. The highest BCUT2D eigenvalue weighted by molar-refractivity contribution is 5.92. The van der Waals surface area contributed by atoms with Gasteiger partial charge in [0.1, 0.15) is 5.75 Å². The molecule has 0 aromatic heterocycles. The first-order valence-electron chi connectivity index (χ1n) is 12.4. The SMILES string of the molecule is CCCC(O)c1ccc(-c2ccc(C(=O)Oc3ccc(-c4ccc(OCC)c(F)c4F)cc3)c(F)c2F)cc1. The number of esters is 1. The van der Waals surface area contributed by atoms with Crippen LogP contribution in [-0.4, -0.2) is 17.7 Å². The van der Waals surface area contributed by atoms with E-state index in [-0.39, 0.29) is 29.2 Å². The molecular weight excluding hydrogens is 512 g/mol. The Morgan fingerprint density at radius 1 is 0.744 bits per heavy atom. The molecule has 0 amide bonds. The molecule has 0 fully saturated rings. The topological polar surface area (TPSA) is 55.8 Å². The van der Waals surface area contributed by atoms with Crippen molar-refractivity contribution in [3.63, 3.8) is 0 Å². The number of halogens is 4. The number of rotatable bonds is 9. The minimum atomic E-state index is -1.36. The molecule has 0 radical (unpaired) electrons. The molecule has 4 nitrogen and oxygen atoms in total. The van der Waals surface area contributed by atoms with E-state index >= 15 is 0 Å². The first kappa shape index (κ1) is 27.9. The predicted octanol–water partition coefficient (Wildman–Crippen LogP) is 8.03. The molecule has 8 heteroatoms. The number of hydrogen-bond acceptors (Lipinski definition) is 4. The number of benzene rings is 4. The lowest BCUT2D eigenvalue weighted by molar-refractivity contribution is 0.0728. The zero-order chi connectivity index (χ0) is 28.1. The Morgan fingerprint density at radius 2 is 1.31 bits per heavy atom. The van der Waals surface area contributed by atoms with Crippen LogP contribution in [0.1, 0.15) is 48.7 Å². The van der Waals surface area contributed by atoms with E-state index < -0.39 is 40.9 Å². The standard InChI is InChI=1S/C31H26F4O4/c1-3-5-25(36)20-8-6-18(7-9-20)22-14-15-24(29(34)27(22)32)31(37)39-21-12-10-19(11-13-21)23-16-17-26(38-4-2)30(35)28(23)33/h6-17,25,36H,3-5H2,1-2H3. The van der Waals surface area contributed by atoms with Crippen LogP contribution in [0.15, 0.2) is 72.8 Å². The molecule has 4 aromatic rings. The Hall–Kier alpha value is -4.17. The van der Waals surface area contributed by atoms with E-state index in [1.54, 1.807) is 31.2 Å². The lowest BCUT2D eigenvalue weighted by Crippen LogP contribution is -2.12. The van der Waals surface area contributed by atoms with Gasteiger partial charge in [-0.1, -0.05) is 55.8 Å². The van der Waals surface area contributed by atoms with Gasteiger partial charge >= 0.3 is 5.97 Å². The van der Waals surface area contributed by atoms with Crippen molar-refractivity contribution >= 4 is 5.97 Å². The van der Waals surface area contributed by atoms with Crippen LogP contribution >= 0.6 is 0 Å². The Labute approximate surface area is 223 Å². The van der Waals surface area contributed by atoms with Crippen molar-refractivity contribution < 1.29 is 36.9 Å². The number of hydrogen-bond donors (Lipinski definition) is 1. The smallest absolute Gasteiger partial charge is 0.346 e. The average molecular weight is 539 g/mol. The van der Waals surface area contributed by atoms with Gasteiger partial charge in [0.15, 0.2) is 23.2 Å². The van der Waals surface area contributed by atoms with Gasteiger partial charge in [-0.25, -0.2) is 18.0 Å². The highest BCUT2D eigenvalue weighted by Gasteiger charge is 2.22. The van der Waals surface area contributed by atoms with Crippen LogP contribution in [0.4, 0.5) is 17.6 Å². The Kier molecular flexibility index (Phi) is 8.66. The fourth-order valence-corrected chi connectivity index (χ4v) is 4.14. The van der Waals surface area contributed by atoms with E-state index in [1.165, 1.54) is 42.5 Å².